The predicted octanol–water partition coefficient (Wildman–Crippen LogP) is 4.62. The van der Waals surface area contributed by atoms with Gasteiger partial charge in [-0.3, -0.25) is 4.79 Å². The van der Waals surface area contributed by atoms with E-state index in [0.717, 1.165) is 28.9 Å². The molecule has 2 unspecified atom stereocenters. The summed E-state index contributed by atoms with van der Waals surface area (Å²) >= 11 is 0. The number of dihydropyridines is 1. The van der Waals surface area contributed by atoms with Crippen molar-refractivity contribution in [1.29, 1.82) is 0 Å². The number of esters is 1. The SMILES string of the molecule is CCOC(=O)C1=C(C)NC2=C(C(=O)CC(c3ccccc3)C2)C1c1cccc(OC)c1. The van der Waals surface area contributed by atoms with E-state index in [4.69, 9.17) is 9.47 Å². The van der Waals surface area contributed by atoms with Gasteiger partial charge in [0.2, 0.25) is 0 Å². The van der Waals surface area contributed by atoms with E-state index in [9.17, 15) is 9.59 Å². The highest BCUT2D eigenvalue weighted by Crippen LogP contribution is 2.46. The summed E-state index contributed by atoms with van der Waals surface area (Å²) in [6.07, 6.45) is 1.14. The molecule has 2 atom stereocenters. The molecule has 0 saturated carbocycles. The molecule has 2 aliphatic rings. The van der Waals surface area contributed by atoms with Crippen LogP contribution in [0.4, 0.5) is 0 Å². The molecule has 0 bridgehead atoms. The van der Waals surface area contributed by atoms with Crippen molar-refractivity contribution in [3.63, 3.8) is 0 Å². The molecule has 5 nitrogen and oxygen atoms in total. The van der Waals surface area contributed by atoms with Gasteiger partial charge >= 0.3 is 5.97 Å². The van der Waals surface area contributed by atoms with E-state index in [1.807, 2.05) is 49.4 Å². The quantitative estimate of drug-likeness (QED) is 0.719. The first kappa shape index (κ1) is 20.9. The highest BCUT2D eigenvalue weighted by Gasteiger charge is 2.41. The van der Waals surface area contributed by atoms with Crippen LogP contribution >= 0.6 is 0 Å². The first-order valence-electron chi connectivity index (χ1n) is 10.6. The molecule has 1 aliphatic carbocycles. The van der Waals surface area contributed by atoms with Gasteiger partial charge in [0.15, 0.2) is 5.78 Å². The Kier molecular flexibility index (Phi) is 5.94. The van der Waals surface area contributed by atoms with Crippen molar-refractivity contribution >= 4 is 11.8 Å². The van der Waals surface area contributed by atoms with Gasteiger partial charge in [0, 0.05) is 29.3 Å². The minimum absolute atomic E-state index is 0.0599. The molecule has 0 fully saturated rings. The van der Waals surface area contributed by atoms with Crippen LogP contribution in [0.25, 0.3) is 0 Å². The maximum atomic E-state index is 13.5. The molecule has 1 heterocycles. The molecule has 2 aromatic carbocycles. The van der Waals surface area contributed by atoms with Gasteiger partial charge in [0.25, 0.3) is 0 Å². The highest BCUT2D eigenvalue weighted by atomic mass is 16.5. The Labute approximate surface area is 182 Å². The van der Waals surface area contributed by atoms with E-state index in [-0.39, 0.29) is 18.3 Å². The van der Waals surface area contributed by atoms with Gasteiger partial charge in [-0.1, -0.05) is 42.5 Å². The predicted molar refractivity (Wildman–Crippen MR) is 119 cm³/mol. The van der Waals surface area contributed by atoms with Crippen LogP contribution in [0, 0.1) is 0 Å². The molecular formula is C26H27NO4. The zero-order valence-corrected chi connectivity index (χ0v) is 18.1. The maximum absolute atomic E-state index is 13.5. The van der Waals surface area contributed by atoms with Crippen molar-refractivity contribution in [2.75, 3.05) is 13.7 Å². The molecule has 160 valence electrons. The Morgan fingerprint density at radius 2 is 1.81 bits per heavy atom. The molecule has 0 amide bonds. The second-order valence-corrected chi connectivity index (χ2v) is 7.93. The Morgan fingerprint density at radius 1 is 1.06 bits per heavy atom. The van der Waals surface area contributed by atoms with Crippen molar-refractivity contribution < 1.29 is 19.1 Å². The van der Waals surface area contributed by atoms with Crippen LogP contribution in [-0.4, -0.2) is 25.5 Å². The van der Waals surface area contributed by atoms with Crippen molar-refractivity contribution in [3.8, 4) is 5.75 Å². The van der Waals surface area contributed by atoms with Crippen LogP contribution in [0.5, 0.6) is 5.75 Å². The van der Waals surface area contributed by atoms with Crippen molar-refractivity contribution in [2.45, 2.75) is 38.5 Å². The molecule has 0 aromatic heterocycles. The van der Waals surface area contributed by atoms with E-state index in [1.54, 1.807) is 14.0 Å². The average Bonchev–Trinajstić information content (AvgIpc) is 2.78. The lowest BCUT2D eigenvalue weighted by Gasteiger charge is -2.36. The van der Waals surface area contributed by atoms with E-state index in [1.165, 1.54) is 0 Å². The van der Waals surface area contributed by atoms with Gasteiger partial charge < -0.3 is 14.8 Å². The molecule has 4 rings (SSSR count). The molecule has 31 heavy (non-hydrogen) atoms. The van der Waals surface area contributed by atoms with E-state index < -0.39 is 11.9 Å². The Morgan fingerprint density at radius 3 is 2.52 bits per heavy atom. The number of carbonyl (C=O) groups is 2. The number of ether oxygens (including phenoxy) is 2. The standard InChI is InChI=1S/C26H27NO4/c1-4-31-26(29)23-16(2)27-21-14-19(17-9-6-5-7-10-17)15-22(28)25(21)24(23)18-11-8-12-20(13-18)30-3/h5-13,19,24,27H,4,14-15H2,1-3H3. The van der Waals surface area contributed by atoms with E-state index in [2.05, 4.69) is 17.4 Å². The van der Waals surface area contributed by atoms with E-state index >= 15 is 0 Å². The molecule has 0 radical (unpaired) electrons. The van der Waals surface area contributed by atoms with Crippen LogP contribution in [-0.2, 0) is 14.3 Å². The number of rotatable bonds is 5. The number of benzene rings is 2. The molecule has 0 spiro atoms. The Hall–Kier alpha value is -3.34. The van der Waals surface area contributed by atoms with Gasteiger partial charge in [0.1, 0.15) is 5.75 Å². The van der Waals surface area contributed by atoms with Crippen molar-refractivity contribution in [2.24, 2.45) is 0 Å². The number of Topliss-reactive ketones (excluding diaryl/α,β-unsaturated/α-hetero) is 1. The van der Waals surface area contributed by atoms with Gasteiger partial charge in [-0.15, -0.1) is 0 Å². The second-order valence-electron chi connectivity index (χ2n) is 7.93. The lowest BCUT2D eigenvalue weighted by Crippen LogP contribution is -2.36. The summed E-state index contributed by atoms with van der Waals surface area (Å²) in [5.74, 6) is -0.0171. The van der Waals surface area contributed by atoms with Crippen LogP contribution in [0.1, 0.15) is 49.7 Å². The number of allylic oxidation sites excluding steroid dienone is 3. The van der Waals surface area contributed by atoms with Gasteiger partial charge in [0.05, 0.1) is 19.3 Å². The van der Waals surface area contributed by atoms with Gasteiger partial charge in [-0.25, -0.2) is 4.79 Å². The zero-order chi connectivity index (χ0) is 22.0. The first-order chi connectivity index (χ1) is 15.0. The zero-order valence-electron chi connectivity index (χ0n) is 18.1. The molecule has 1 aliphatic heterocycles. The largest absolute Gasteiger partial charge is 0.497 e. The number of methoxy groups -OCH3 is 1. The minimum Gasteiger partial charge on any atom is -0.497 e. The lowest BCUT2D eigenvalue weighted by atomic mass is 9.71. The fourth-order valence-electron chi connectivity index (χ4n) is 4.63. The van der Waals surface area contributed by atoms with Crippen LogP contribution < -0.4 is 10.1 Å². The molecule has 5 heteroatoms. The fourth-order valence-corrected chi connectivity index (χ4v) is 4.63. The van der Waals surface area contributed by atoms with Crippen LogP contribution in [0.15, 0.2) is 77.1 Å². The lowest BCUT2D eigenvalue weighted by molar-refractivity contribution is -0.138. The smallest absolute Gasteiger partial charge is 0.336 e. The van der Waals surface area contributed by atoms with Crippen LogP contribution in [0.2, 0.25) is 0 Å². The molecular weight excluding hydrogens is 390 g/mol. The third kappa shape index (κ3) is 4.00. The number of hydrogen-bond acceptors (Lipinski definition) is 5. The third-order valence-electron chi connectivity index (χ3n) is 6.02. The minimum atomic E-state index is -0.477. The summed E-state index contributed by atoms with van der Waals surface area (Å²) in [6, 6.07) is 17.7. The molecule has 2 aromatic rings. The average molecular weight is 418 g/mol. The second kappa shape index (κ2) is 8.80. The van der Waals surface area contributed by atoms with Crippen molar-refractivity contribution in [1.82, 2.24) is 5.32 Å². The topological polar surface area (TPSA) is 64.6 Å². The monoisotopic (exact) mass is 417 g/mol. The van der Waals surface area contributed by atoms with Crippen molar-refractivity contribution in [3.05, 3.63) is 88.3 Å². The number of nitrogens with one attached hydrogen (secondary N) is 1. The Balaban J connectivity index is 1.81. The number of ketones is 1. The highest BCUT2D eigenvalue weighted by molar-refractivity contribution is 6.04. The number of carbonyl (C=O) groups excluding carboxylic acids is 2. The third-order valence-corrected chi connectivity index (χ3v) is 6.02. The van der Waals surface area contributed by atoms with Gasteiger partial charge in [-0.05, 0) is 49.4 Å². The van der Waals surface area contributed by atoms with Crippen LogP contribution in [0.3, 0.4) is 0 Å². The first-order valence-corrected chi connectivity index (χ1v) is 10.6. The number of hydrogen-bond donors (Lipinski definition) is 1. The van der Waals surface area contributed by atoms with E-state index in [0.29, 0.717) is 23.3 Å². The summed E-state index contributed by atoms with van der Waals surface area (Å²) in [7, 11) is 1.61. The Bertz CT molecular complexity index is 1070. The molecule has 1 N–H and O–H groups in total. The maximum Gasteiger partial charge on any atom is 0.336 e. The summed E-state index contributed by atoms with van der Waals surface area (Å²) < 4.78 is 10.8. The van der Waals surface area contributed by atoms with Gasteiger partial charge in [-0.2, -0.15) is 0 Å². The summed E-state index contributed by atoms with van der Waals surface area (Å²) in [6.45, 7) is 3.93. The summed E-state index contributed by atoms with van der Waals surface area (Å²) in [5, 5.41) is 3.37. The fraction of sp³-hybridized carbons (Fsp3) is 0.308. The summed E-state index contributed by atoms with van der Waals surface area (Å²) in [5.41, 5.74) is 4.77. The summed E-state index contributed by atoms with van der Waals surface area (Å²) in [4.78, 5) is 26.4. The normalized spacial score (nSPS) is 20.8. The molecule has 0 saturated heterocycles.